The first kappa shape index (κ1) is 17.7. The predicted octanol–water partition coefficient (Wildman–Crippen LogP) is 1.26. The van der Waals surface area contributed by atoms with Crippen molar-refractivity contribution >= 4 is 29.0 Å². The third-order valence-electron chi connectivity index (χ3n) is 3.56. The summed E-state index contributed by atoms with van der Waals surface area (Å²) in [5, 5.41) is 7.80. The Kier molecular flexibility index (Phi) is 4.77. The van der Waals surface area contributed by atoms with Crippen LogP contribution in [0.1, 0.15) is 18.6 Å². The van der Waals surface area contributed by atoms with Gasteiger partial charge in [0.2, 0.25) is 0 Å². The standard InChI is InChI=1S/C18H13N3O6S/c1-2-24-18(23)13(16-21-20-15(27-16)11-6-4-8-26-11)17-19-14(22)12(28-17)9-10-5-3-7-25-10/h3-9H,2H2,1H3,(H,19,22)/b12-9-,17-13+. The normalized spacial score (nSPS) is 13.0. The number of ether oxygens (including phenoxy) is 1. The van der Waals surface area contributed by atoms with E-state index in [-0.39, 0.29) is 34.2 Å². The third-order valence-corrected chi connectivity index (χ3v) is 4.59. The lowest BCUT2D eigenvalue weighted by atomic mass is 10.3. The highest BCUT2D eigenvalue weighted by Crippen LogP contribution is 2.21. The Bertz CT molecular complexity index is 1260. The summed E-state index contributed by atoms with van der Waals surface area (Å²) < 4.78 is 21.7. The van der Waals surface area contributed by atoms with Crippen LogP contribution < -0.4 is 14.8 Å². The molecule has 4 rings (SSSR count). The lowest BCUT2D eigenvalue weighted by molar-refractivity contribution is -0.136. The van der Waals surface area contributed by atoms with Gasteiger partial charge in [0, 0.05) is 6.08 Å². The maximum Gasteiger partial charge on any atom is 0.346 e. The number of carbonyl (C=O) groups excluding carboxylic acids is 1. The molecular weight excluding hydrogens is 386 g/mol. The van der Waals surface area contributed by atoms with Gasteiger partial charge < -0.3 is 23.0 Å². The molecular formula is C18H13N3O6S. The molecule has 4 aromatic heterocycles. The number of esters is 1. The fraction of sp³-hybridized carbons (Fsp3) is 0.111. The van der Waals surface area contributed by atoms with E-state index < -0.39 is 5.97 Å². The highest BCUT2D eigenvalue weighted by Gasteiger charge is 2.24. The summed E-state index contributed by atoms with van der Waals surface area (Å²) in [6, 6.07) is 6.73. The van der Waals surface area contributed by atoms with Crippen molar-refractivity contribution < 1.29 is 22.8 Å². The average Bonchev–Trinajstić information content (AvgIpc) is 3.44. The number of thiazole rings is 1. The number of hydrogen-bond acceptors (Lipinski definition) is 9. The van der Waals surface area contributed by atoms with Crippen molar-refractivity contribution in [2.24, 2.45) is 0 Å². The minimum atomic E-state index is -0.695. The summed E-state index contributed by atoms with van der Waals surface area (Å²) in [5.41, 5.74) is -0.419. The molecule has 0 spiro atoms. The van der Waals surface area contributed by atoms with Crippen LogP contribution in [0.4, 0.5) is 0 Å². The molecule has 1 N–H and O–H groups in total. The molecule has 0 atom stereocenters. The molecule has 0 radical (unpaired) electrons. The van der Waals surface area contributed by atoms with Gasteiger partial charge in [-0.05, 0) is 31.2 Å². The molecule has 0 bridgehead atoms. The molecule has 0 saturated carbocycles. The zero-order valence-electron chi connectivity index (χ0n) is 14.5. The quantitative estimate of drug-likeness (QED) is 0.498. The van der Waals surface area contributed by atoms with Crippen LogP contribution in [0.25, 0.3) is 23.3 Å². The van der Waals surface area contributed by atoms with Crippen molar-refractivity contribution in [1.29, 1.82) is 0 Å². The maximum absolute atomic E-state index is 12.5. The zero-order chi connectivity index (χ0) is 19.5. The Balaban J connectivity index is 1.88. The molecule has 10 heteroatoms. The Labute approximate surface area is 160 Å². The number of furan rings is 2. The number of carbonyl (C=O) groups is 1. The maximum atomic E-state index is 12.5. The van der Waals surface area contributed by atoms with Crippen molar-refractivity contribution in [2.75, 3.05) is 6.61 Å². The third kappa shape index (κ3) is 3.45. The highest BCUT2D eigenvalue weighted by atomic mass is 32.1. The molecule has 0 aliphatic rings. The Morgan fingerprint density at radius 3 is 2.79 bits per heavy atom. The summed E-state index contributed by atoms with van der Waals surface area (Å²) in [5.74, 6) is 0.178. The van der Waals surface area contributed by atoms with E-state index in [1.165, 1.54) is 12.5 Å². The first-order chi connectivity index (χ1) is 13.7. The molecule has 28 heavy (non-hydrogen) atoms. The van der Waals surface area contributed by atoms with Crippen LogP contribution >= 0.6 is 11.3 Å². The van der Waals surface area contributed by atoms with E-state index in [1.54, 1.807) is 37.3 Å². The summed E-state index contributed by atoms with van der Waals surface area (Å²) in [4.78, 5) is 27.5. The van der Waals surface area contributed by atoms with Gasteiger partial charge >= 0.3 is 5.97 Å². The number of aromatic nitrogens is 3. The number of nitrogens with one attached hydrogen (secondary N) is 1. The van der Waals surface area contributed by atoms with Crippen molar-refractivity contribution in [3.05, 3.63) is 68.0 Å². The van der Waals surface area contributed by atoms with Gasteiger partial charge in [0.25, 0.3) is 17.3 Å². The van der Waals surface area contributed by atoms with Gasteiger partial charge in [0.05, 0.1) is 23.7 Å². The lowest BCUT2D eigenvalue weighted by Gasteiger charge is -2.01. The molecule has 0 saturated heterocycles. The second-order valence-corrected chi connectivity index (χ2v) is 6.45. The van der Waals surface area contributed by atoms with Crippen molar-refractivity contribution in [3.8, 4) is 11.7 Å². The highest BCUT2D eigenvalue weighted by molar-refractivity contribution is 7.07. The molecule has 0 amide bonds. The number of aromatic amines is 1. The summed E-state index contributed by atoms with van der Waals surface area (Å²) in [6.07, 6.45) is 4.53. The van der Waals surface area contributed by atoms with Gasteiger partial charge in [-0.2, -0.15) is 0 Å². The van der Waals surface area contributed by atoms with E-state index in [2.05, 4.69) is 15.2 Å². The van der Waals surface area contributed by atoms with Crippen LogP contribution in [0.5, 0.6) is 0 Å². The molecule has 0 aromatic carbocycles. The van der Waals surface area contributed by atoms with E-state index in [0.717, 1.165) is 11.3 Å². The Hall–Kier alpha value is -3.66. The number of nitrogens with zero attached hydrogens (tertiary/aromatic N) is 2. The van der Waals surface area contributed by atoms with E-state index in [9.17, 15) is 9.59 Å². The van der Waals surface area contributed by atoms with Gasteiger partial charge in [-0.25, -0.2) is 4.79 Å². The van der Waals surface area contributed by atoms with E-state index in [0.29, 0.717) is 16.1 Å². The van der Waals surface area contributed by atoms with E-state index >= 15 is 0 Å². The number of hydrogen-bond donors (Lipinski definition) is 1. The van der Waals surface area contributed by atoms with Crippen LogP contribution in [-0.4, -0.2) is 27.8 Å². The monoisotopic (exact) mass is 399 g/mol. The van der Waals surface area contributed by atoms with Gasteiger partial charge in [-0.3, -0.25) is 4.79 Å². The van der Waals surface area contributed by atoms with Crippen LogP contribution in [-0.2, 0) is 9.53 Å². The molecule has 0 aliphatic heterocycles. The molecule has 4 heterocycles. The molecule has 9 nitrogen and oxygen atoms in total. The first-order valence-electron chi connectivity index (χ1n) is 8.19. The minimum absolute atomic E-state index is 0.0339. The van der Waals surface area contributed by atoms with Crippen molar-refractivity contribution in [2.45, 2.75) is 6.92 Å². The van der Waals surface area contributed by atoms with Crippen molar-refractivity contribution in [3.63, 3.8) is 0 Å². The molecule has 4 aromatic rings. The largest absolute Gasteiger partial charge is 0.465 e. The molecule has 0 aliphatic carbocycles. The topological polar surface area (TPSA) is 124 Å². The van der Waals surface area contributed by atoms with E-state index in [1.807, 2.05) is 0 Å². The molecule has 0 unspecified atom stereocenters. The van der Waals surface area contributed by atoms with E-state index in [4.69, 9.17) is 18.0 Å². The van der Waals surface area contributed by atoms with Crippen LogP contribution in [0.3, 0.4) is 0 Å². The second-order valence-electron chi connectivity index (χ2n) is 5.39. The molecule has 0 fully saturated rings. The zero-order valence-corrected chi connectivity index (χ0v) is 15.3. The summed E-state index contributed by atoms with van der Waals surface area (Å²) >= 11 is 1.05. The minimum Gasteiger partial charge on any atom is -0.465 e. The Morgan fingerprint density at radius 2 is 2.07 bits per heavy atom. The summed E-state index contributed by atoms with van der Waals surface area (Å²) in [7, 11) is 0. The fourth-order valence-corrected chi connectivity index (χ4v) is 3.32. The van der Waals surface area contributed by atoms with Gasteiger partial charge in [-0.1, -0.05) is 0 Å². The first-order valence-corrected chi connectivity index (χ1v) is 9.01. The number of H-pyrrole nitrogens is 1. The van der Waals surface area contributed by atoms with Crippen LogP contribution in [0.2, 0.25) is 0 Å². The van der Waals surface area contributed by atoms with Gasteiger partial charge in [-0.15, -0.1) is 21.5 Å². The SMILES string of the molecule is CCOC(=O)/C(c1nnc(-c2ccco2)o1)=c1\[nH]c(=O)/c(=C/c2ccco2)s1. The van der Waals surface area contributed by atoms with Gasteiger partial charge in [0.15, 0.2) is 11.3 Å². The predicted molar refractivity (Wildman–Crippen MR) is 97.6 cm³/mol. The Morgan fingerprint density at radius 1 is 1.25 bits per heavy atom. The smallest absolute Gasteiger partial charge is 0.346 e. The number of rotatable bonds is 5. The van der Waals surface area contributed by atoms with Crippen molar-refractivity contribution in [1.82, 2.24) is 15.2 Å². The van der Waals surface area contributed by atoms with Gasteiger partial charge in [0.1, 0.15) is 10.4 Å². The van der Waals surface area contributed by atoms with Crippen LogP contribution in [0, 0.1) is 0 Å². The lowest BCUT2D eigenvalue weighted by Crippen LogP contribution is -2.22. The van der Waals surface area contributed by atoms with Crippen LogP contribution in [0.15, 0.2) is 54.8 Å². The fourth-order valence-electron chi connectivity index (χ4n) is 2.36. The second kappa shape index (κ2) is 7.53. The average molecular weight is 399 g/mol. The summed E-state index contributed by atoms with van der Waals surface area (Å²) in [6.45, 7) is 1.81. The molecule has 142 valence electrons.